The van der Waals surface area contributed by atoms with Crippen molar-refractivity contribution in [2.75, 3.05) is 46.0 Å². The van der Waals surface area contributed by atoms with Crippen LogP contribution in [0.3, 0.4) is 0 Å². The molecule has 0 N–H and O–H groups in total. The molecule has 2 aliphatic rings. The highest BCUT2D eigenvalue weighted by Gasteiger charge is 2.52. The number of fused-ring (bicyclic) bond motifs is 2. The predicted octanol–water partition coefficient (Wildman–Crippen LogP) is 14.8. The van der Waals surface area contributed by atoms with Gasteiger partial charge >= 0.3 is 11.9 Å². The van der Waals surface area contributed by atoms with E-state index in [1.165, 1.54) is 109 Å². The molecule has 2 aliphatic carbocycles. The largest absolute Gasteiger partial charge is 0.466 e. The molecular formula is C53H101N2O6+. The monoisotopic (exact) mass is 862 g/mol. The second-order valence-electron chi connectivity index (χ2n) is 21.1. The Kier molecular flexibility index (Phi) is 29.1. The lowest BCUT2D eigenvalue weighted by atomic mass is 9.47. The van der Waals surface area contributed by atoms with Gasteiger partial charge in [-0.2, -0.15) is 0 Å². The molecule has 0 aliphatic heterocycles. The molecule has 0 saturated heterocycles. The highest BCUT2D eigenvalue weighted by atomic mass is 16.8. The van der Waals surface area contributed by atoms with E-state index in [1.807, 2.05) is 0 Å². The minimum absolute atomic E-state index is 0.00130. The summed E-state index contributed by atoms with van der Waals surface area (Å²) in [7, 11) is 0. The van der Waals surface area contributed by atoms with Crippen LogP contribution < -0.4 is 0 Å². The first-order valence-corrected chi connectivity index (χ1v) is 26.5. The Morgan fingerprint density at radius 3 is 1.43 bits per heavy atom. The zero-order chi connectivity index (χ0) is 44.8. The summed E-state index contributed by atoms with van der Waals surface area (Å²) in [5, 5.41) is 0. The molecule has 0 aromatic heterocycles. The van der Waals surface area contributed by atoms with E-state index in [4.69, 9.17) is 14.3 Å². The number of hydrogen-bond acceptors (Lipinski definition) is 7. The molecule has 8 nitrogen and oxygen atoms in total. The maximum absolute atomic E-state index is 13.2. The summed E-state index contributed by atoms with van der Waals surface area (Å²) in [4.78, 5) is 47.5. The topological polar surface area (TPSA) is 85.2 Å². The molecule has 0 aromatic rings. The van der Waals surface area contributed by atoms with Crippen LogP contribution in [0.15, 0.2) is 0 Å². The number of hydrogen-bond donors (Lipinski definition) is 0. The van der Waals surface area contributed by atoms with Crippen molar-refractivity contribution < 1.29 is 28.8 Å². The Balaban J connectivity index is 2.02. The molecular weight excluding hydrogens is 761 g/mol. The summed E-state index contributed by atoms with van der Waals surface area (Å²) in [6.07, 6.45) is 33.2. The minimum atomic E-state index is -0.00130. The van der Waals surface area contributed by atoms with Crippen LogP contribution in [0.5, 0.6) is 0 Å². The van der Waals surface area contributed by atoms with Crippen molar-refractivity contribution in [1.29, 1.82) is 0 Å². The average Bonchev–Trinajstić information content (AvgIpc) is 3.21. The Bertz CT molecular complexity index is 1140. The van der Waals surface area contributed by atoms with Crippen LogP contribution in [-0.2, 0) is 23.9 Å². The van der Waals surface area contributed by atoms with Gasteiger partial charge in [-0.05, 0) is 143 Å². The van der Waals surface area contributed by atoms with Crippen LogP contribution in [-0.4, -0.2) is 67.8 Å². The average molecular weight is 862 g/mol. The van der Waals surface area contributed by atoms with Crippen LogP contribution >= 0.6 is 0 Å². The van der Waals surface area contributed by atoms with E-state index >= 15 is 0 Å². The molecule has 8 heteroatoms. The second kappa shape index (κ2) is 32.0. The van der Waals surface area contributed by atoms with Gasteiger partial charge < -0.3 is 14.4 Å². The Morgan fingerprint density at radius 2 is 1.00 bits per heavy atom. The summed E-state index contributed by atoms with van der Waals surface area (Å²) in [6.45, 7) is 23.2. The fraction of sp³-hybridized carbons (Fsp3) is 0.962. The van der Waals surface area contributed by atoms with Crippen LogP contribution in [0.2, 0.25) is 0 Å². The van der Waals surface area contributed by atoms with E-state index in [1.54, 1.807) is 0 Å². The van der Waals surface area contributed by atoms with Crippen molar-refractivity contribution in [2.45, 2.75) is 248 Å². The highest BCUT2D eigenvalue weighted by molar-refractivity contribution is 5.70. The van der Waals surface area contributed by atoms with Crippen LogP contribution in [0.1, 0.15) is 248 Å². The first kappa shape index (κ1) is 55.4. The number of ether oxygens (including phenoxy) is 2. The molecule has 61 heavy (non-hydrogen) atoms. The van der Waals surface area contributed by atoms with Crippen LogP contribution in [0, 0.1) is 38.9 Å². The number of carbonyl (C=O) groups excluding carboxylic acids is 2. The quantitative estimate of drug-likeness (QED) is 0.0346. The zero-order valence-corrected chi connectivity index (χ0v) is 41.7. The molecule has 0 spiro atoms. The fourth-order valence-electron chi connectivity index (χ4n) is 12.1. The number of rotatable bonds is 39. The van der Waals surface area contributed by atoms with E-state index in [0.29, 0.717) is 57.0 Å². The Morgan fingerprint density at radius 1 is 0.574 bits per heavy atom. The lowest BCUT2D eigenvalue weighted by molar-refractivity contribution is -0.803. The molecule has 0 heterocycles. The normalized spacial score (nSPS) is 22.6. The van der Waals surface area contributed by atoms with E-state index < -0.39 is 0 Å². The van der Waals surface area contributed by atoms with Gasteiger partial charge in [0.05, 0.1) is 18.1 Å². The van der Waals surface area contributed by atoms with Gasteiger partial charge in [-0.3, -0.25) is 9.59 Å². The van der Waals surface area contributed by atoms with Crippen molar-refractivity contribution in [2.24, 2.45) is 34.0 Å². The molecule has 2 saturated carbocycles. The number of esters is 2. The van der Waals surface area contributed by atoms with Crippen molar-refractivity contribution in [3.8, 4) is 0 Å². The van der Waals surface area contributed by atoms with Crippen molar-refractivity contribution in [3.05, 3.63) is 4.91 Å². The van der Waals surface area contributed by atoms with Crippen molar-refractivity contribution >= 4 is 11.9 Å². The lowest BCUT2D eigenvalue weighted by Gasteiger charge is -2.58. The molecule has 2 fully saturated rings. The number of unbranched alkanes of at least 4 members (excludes halogenated alkanes) is 8. The van der Waals surface area contributed by atoms with Gasteiger partial charge in [-0.25, -0.2) is 4.84 Å². The predicted molar refractivity (Wildman–Crippen MR) is 254 cm³/mol. The lowest BCUT2D eigenvalue weighted by Crippen LogP contribution is -2.47. The summed E-state index contributed by atoms with van der Waals surface area (Å²) in [6, 6.07) is 0. The van der Waals surface area contributed by atoms with Gasteiger partial charge in [0.2, 0.25) is 11.5 Å². The molecule has 0 aromatic carbocycles. The summed E-state index contributed by atoms with van der Waals surface area (Å²) in [5.74, 6) is 1.56. The smallest absolute Gasteiger partial charge is 0.306 e. The number of carbonyl (C=O) groups is 2. The van der Waals surface area contributed by atoms with E-state index in [2.05, 4.69) is 60.3 Å². The summed E-state index contributed by atoms with van der Waals surface area (Å²) < 4.78 is 12.0. The maximum atomic E-state index is 13.2. The van der Waals surface area contributed by atoms with Gasteiger partial charge in [0, 0.05) is 25.8 Å². The molecule has 2 rings (SSSR count). The van der Waals surface area contributed by atoms with Gasteiger partial charge in [-0.15, -0.1) is 0 Å². The fourth-order valence-corrected chi connectivity index (χ4v) is 12.1. The van der Waals surface area contributed by atoms with Gasteiger partial charge in [0.25, 0.3) is 0 Å². The third-order valence-corrected chi connectivity index (χ3v) is 14.8. The molecule has 358 valence electrons. The minimum Gasteiger partial charge on any atom is -0.466 e. The van der Waals surface area contributed by atoms with Gasteiger partial charge in [0.15, 0.2) is 6.61 Å². The SMILES string of the molecule is CCCCCC(CCCCC)CC(=O)OCCCC1(C)CC2CC(C)(CCCO[N+](=O)CCCN(CC)CC)CC(CCCOC(=O)CC(CCCCC)CCCCC)(C2)C1. The van der Waals surface area contributed by atoms with E-state index in [-0.39, 0.29) is 28.2 Å². The molecule has 0 radical (unpaired) electrons. The highest BCUT2D eigenvalue weighted by Crippen LogP contribution is 2.64. The van der Waals surface area contributed by atoms with E-state index in [0.717, 1.165) is 95.2 Å². The van der Waals surface area contributed by atoms with Crippen LogP contribution in [0.4, 0.5) is 0 Å². The third kappa shape index (κ3) is 24.2. The molecule has 2 bridgehead atoms. The molecule has 0 amide bonds. The Hall–Kier alpha value is -1.70. The third-order valence-electron chi connectivity index (χ3n) is 14.8. The van der Waals surface area contributed by atoms with E-state index in [9.17, 15) is 14.5 Å². The van der Waals surface area contributed by atoms with Gasteiger partial charge in [-0.1, -0.05) is 132 Å². The molecule has 4 unspecified atom stereocenters. The second-order valence-corrected chi connectivity index (χ2v) is 21.1. The molecule has 4 atom stereocenters. The maximum Gasteiger partial charge on any atom is 0.306 e. The van der Waals surface area contributed by atoms with Crippen molar-refractivity contribution in [1.82, 2.24) is 4.90 Å². The number of nitrogens with zero attached hydrogens (tertiary/aromatic N) is 2. The Labute approximate surface area is 377 Å². The summed E-state index contributed by atoms with van der Waals surface area (Å²) in [5.41, 5.74) is 0.611. The summed E-state index contributed by atoms with van der Waals surface area (Å²) >= 11 is 0. The first-order valence-electron chi connectivity index (χ1n) is 26.5. The standard InChI is InChI=1S/C53H101N2O6/c1-9-15-19-27-46(28-20-16-10-2)39-49(56)59-36-23-31-51(7)41-48-42-52(8,32-24-38-61-55(58)35-26-34-54(13-5)14-6)45-53(43-48,44-51)33-25-37-60-50(57)40-47(29-21-17-11-3)30-22-18-12-4/h46-48H,9-45H2,1-8H3/q+1. The first-order chi connectivity index (χ1) is 29.4. The van der Waals surface area contributed by atoms with Crippen molar-refractivity contribution in [3.63, 3.8) is 0 Å². The van der Waals surface area contributed by atoms with Crippen LogP contribution in [0.25, 0.3) is 0 Å². The zero-order valence-electron chi connectivity index (χ0n) is 41.7. The van der Waals surface area contributed by atoms with Gasteiger partial charge in [0.1, 0.15) is 0 Å².